The van der Waals surface area contributed by atoms with Gasteiger partial charge in [0.05, 0.1) is 13.3 Å². The Hall–Kier alpha value is -1.72. The van der Waals surface area contributed by atoms with Crippen LogP contribution in [0.25, 0.3) is 0 Å². The number of aromatic nitrogens is 1. The molecule has 0 saturated carbocycles. The lowest BCUT2D eigenvalue weighted by atomic mass is 9.92. The lowest BCUT2D eigenvalue weighted by Crippen LogP contribution is -2.58. The van der Waals surface area contributed by atoms with Gasteiger partial charge >= 0.3 is 0 Å². The minimum absolute atomic E-state index is 0.304. The summed E-state index contributed by atoms with van der Waals surface area (Å²) < 4.78 is 11.8. The van der Waals surface area contributed by atoms with E-state index in [1.165, 1.54) is 5.56 Å². The molecule has 2 aliphatic heterocycles. The van der Waals surface area contributed by atoms with Crippen molar-refractivity contribution in [1.82, 2.24) is 9.88 Å². The van der Waals surface area contributed by atoms with Crippen molar-refractivity contribution in [3.8, 4) is 11.5 Å². The molecule has 0 amide bonds. The number of rotatable bonds is 5. The van der Waals surface area contributed by atoms with E-state index in [0.29, 0.717) is 10.9 Å². The molecule has 0 N–H and O–H groups in total. The molecular formula is C19H22N2O2S. The lowest BCUT2D eigenvalue weighted by molar-refractivity contribution is 0.0919. The first-order chi connectivity index (χ1) is 11.7. The van der Waals surface area contributed by atoms with Gasteiger partial charge < -0.3 is 9.47 Å². The van der Waals surface area contributed by atoms with Crippen LogP contribution in [0.4, 0.5) is 0 Å². The van der Waals surface area contributed by atoms with E-state index < -0.39 is 0 Å². The second-order valence-electron chi connectivity index (χ2n) is 6.62. The number of hydrogen-bond acceptors (Lipinski definition) is 5. The van der Waals surface area contributed by atoms with Crippen molar-refractivity contribution in [1.29, 1.82) is 0 Å². The lowest BCUT2D eigenvalue weighted by Gasteiger charge is -2.47. The second kappa shape index (κ2) is 6.65. The molecule has 1 spiro atoms. The first-order valence-electron chi connectivity index (χ1n) is 8.31. The molecule has 2 aliphatic rings. The van der Waals surface area contributed by atoms with Crippen molar-refractivity contribution in [2.75, 3.05) is 26.0 Å². The van der Waals surface area contributed by atoms with Crippen LogP contribution in [0, 0.1) is 0 Å². The van der Waals surface area contributed by atoms with Gasteiger partial charge in [-0.2, -0.15) is 0 Å². The van der Waals surface area contributed by atoms with Crippen LogP contribution in [0.1, 0.15) is 12.0 Å². The van der Waals surface area contributed by atoms with Crippen LogP contribution in [0.15, 0.2) is 48.8 Å². The molecule has 0 unspecified atom stereocenters. The molecule has 0 aliphatic carbocycles. The van der Waals surface area contributed by atoms with Gasteiger partial charge in [0.25, 0.3) is 0 Å². The molecule has 5 heteroatoms. The zero-order chi connectivity index (χ0) is 16.4. The molecule has 1 aromatic carbocycles. The molecule has 4 nitrogen and oxygen atoms in total. The van der Waals surface area contributed by atoms with Crippen molar-refractivity contribution < 1.29 is 9.47 Å². The monoisotopic (exact) mass is 342 g/mol. The SMILES string of the molecule is COc1cccc(CN2CC3(C[C@@H](Oc4cccnc4)CS3)C2)c1. The molecule has 0 bridgehead atoms. The van der Waals surface area contributed by atoms with Crippen LogP contribution in [-0.4, -0.2) is 46.7 Å². The highest BCUT2D eigenvalue weighted by Crippen LogP contribution is 2.46. The number of nitrogens with zero attached hydrogens (tertiary/aromatic N) is 2. The van der Waals surface area contributed by atoms with Crippen LogP contribution >= 0.6 is 11.8 Å². The molecule has 24 heavy (non-hydrogen) atoms. The van der Waals surface area contributed by atoms with E-state index in [9.17, 15) is 0 Å². The van der Waals surface area contributed by atoms with Gasteiger partial charge in [-0.15, -0.1) is 11.8 Å². The number of methoxy groups -OCH3 is 1. The Kier molecular flexibility index (Phi) is 4.37. The van der Waals surface area contributed by atoms with E-state index in [2.05, 4.69) is 39.8 Å². The summed E-state index contributed by atoms with van der Waals surface area (Å²) in [4.78, 5) is 6.63. The van der Waals surface area contributed by atoms with Crippen LogP contribution in [-0.2, 0) is 6.54 Å². The van der Waals surface area contributed by atoms with E-state index in [4.69, 9.17) is 9.47 Å². The van der Waals surface area contributed by atoms with Crippen LogP contribution in [0.2, 0.25) is 0 Å². The van der Waals surface area contributed by atoms with Gasteiger partial charge in [-0.1, -0.05) is 12.1 Å². The molecule has 3 heterocycles. The molecule has 2 saturated heterocycles. The first-order valence-corrected chi connectivity index (χ1v) is 9.29. The average molecular weight is 342 g/mol. The Morgan fingerprint density at radius 2 is 2.12 bits per heavy atom. The Balaban J connectivity index is 1.29. The highest BCUT2D eigenvalue weighted by atomic mass is 32.2. The van der Waals surface area contributed by atoms with Crippen LogP contribution in [0.3, 0.4) is 0 Å². The Morgan fingerprint density at radius 3 is 2.92 bits per heavy atom. The fourth-order valence-electron chi connectivity index (χ4n) is 3.62. The zero-order valence-corrected chi connectivity index (χ0v) is 14.7. The first kappa shape index (κ1) is 15.8. The normalized spacial score (nSPS) is 22.3. The molecule has 1 aromatic heterocycles. The summed E-state index contributed by atoms with van der Waals surface area (Å²) in [6.07, 6.45) is 5.01. The van der Waals surface area contributed by atoms with Gasteiger partial charge in [0, 0.05) is 42.8 Å². The molecular weight excluding hydrogens is 320 g/mol. The zero-order valence-electron chi connectivity index (χ0n) is 13.9. The summed E-state index contributed by atoms with van der Waals surface area (Å²) in [5.41, 5.74) is 1.32. The van der Waals surface area contributed by atoms with Crippen molar-refractivity contribution >= 4 is 11.8 Å². The summed E-state index contributed by atoms with van der Waals surface area (Å²) in [6, 6.07) is 12.3. The highest BCUT2D eigenvalue weighted by molar-refractivity contribution is 8.01. The van der Waals surface area contributed by atoms with Crippen molar-refractivity contribution in [2.24, 2.45) is 0 Å². The second-order valence-corrected chi connectivity index (χ2v) is 8.11. The number of pyridine rings is 1. The molecule has 1 atom stereocenters. The predicted molar refractivity (Wildman–Crippen MR) is 96.7 cm³/mol. The standard InChI is InChI=1S/C19H22N2O2S/c1-22-16-5-2-4-15(8-16)11-21-13-19(14-21)9-18(12-24-19)23-17-6-3-7-20-10-17/h2-8,10,18H,9,11-14H2,1H3/t18-/m1/s1. The molecule has 4 rings (SSSR count). The fourth-order valence-corrected chi connectivity index (χ4v) is 5.19. The molecule has 2 aromatic rings. The minimum Gasteiger partial charge on any atom is -0.497 e. The summed E-state index contributed by atoms with van der Waals surface area (Å²) >= 11 is 2.07. The van der Waals surface area contributed by atoms with Crippen molar-refractivity contribution in [2.45, 2.75) is 23.8 Å². The topological polar surface area (TPSA) is 34.6 Å². The third-order valence-electron chi connectivity index (χ3n) is 4.68. The van der Waals surface area contributed by atoms with Gasteiger partial charge in [0.15, 0.2) is 0 Å². The van der Waals surface area contributed by atoms with Crippen LogP contribution in [0.5, 0.6) is 11.5 Å². The molecule has 0 radical (unpaired) electrons. The number of hydrogen-bond donors (Lipinski definition) is 0. The van der Waals surface area contributed by atoms with E-state index >= 15 is 0 Å². The number of ether oxygens (including phenoxy) is 2. The smallest absolute Gasteiger partial charge is 0.138 e. The van der Waals surface area contributed by atoms with Gasteiger partial charge in [-0.05, 0) is 29.8 Å². The maximum atomic E-state index is 6.07. The summed E-state index contributed by atoms with van der Waals surface area (Å²) in [6.45, 7) is 3.27. The van der Waals surface area contributed by atoms with Gasteiger partial charge in [0.2, 0.25) is 0 Å². The third kappa shape index (κ3) is 3.37. The number of thioether (sulfide) groups is 1. The predicted octanol–water partition coefficient (Wildman–Crippen LogP) is 3.23. The fraction of sp³-hybridized carbons (Fsp3) is 0.421. The van der Waals surface area contributed by atoms with Crippen molar-refractivity contribution in [3.63, 3.8) is 0 Å². The Morgan fingerprint density at radius 1 is 1.25 bits per heavy atom. The third-order valence-corrected chi connectivity index (χ3v) is 6.25. The van der Waals surface area contributed by atoms with Gasteiger partial charge in [0.1, 0.15) is 17.6 Å². The van der Waals surface area contributed by atoms with Crippen molar-refractivity contribution in [3.05, 3.63) is 54.4 Å². The van der Waals surface area contributed by atoms with Gasteiger partial charge in [-0.25, -0.2) is 0 Å². The summed E-state index contributed by atoms with van der Waals surface area (Å²) in [7, 11) is 1.72. The maximum Gasteiger partial charge on any atom is 0.138 e. The van der Waals surface area contributed by atoms with Gasteiger partial charge in [-0.3, -0.25) is 9.88 Å². The quantitative estimate of drug-likeness (QED) is 0.833. The van der Waals surface area contributed by atoms with Crippen LogP contribution < -0.4 is 9.47 Å². The minimum atomic E-state index is 0.304. The molecule has 2 fully saturated rings. The summed E-state index contributed by atoms with van der Waals surface area (Å²) in [5.74, 6) is 2.89. The van der Waals surface area contributed by atoms with E-state index in [0.717, 1.165) is 43.3 Å². The van der Waals surface area contributed by atoms with E-state index in [1.807, 2.05) is 18.2 Å². The maximum absolute atomic E-state index is 6.07. The molecule has 126 valence electrons. The van der Waals surface area contributed by atoms with E-state index in [1.54, 1.807) is 19.5 Å². The Labute approximate surface area is 147 Å². The van der Waals surface area contributed by atoms with E-state index in [-0.39, 0.29) is 0 Å². The number of benzene rings is 1. The highest BCUT2D eigenvalue weighted by Gasteiger charge is 2.49. The Bertz CT molecular complexity index is 689. The number of likely N-dealkylation sites (tertiary alicyclic amines) is 1. The summed E-state index contributed by atoms with van der Waals surface area (Å²) in [5, 5.41) is 0. The largest absolute Gasteiger partial charge is 0.497 e. The average Bonchev–Trinajstić information content (AvgIpc) is 2.99.